The Morgan fingerprint density at radius 1 is 1.00 bits per heavy atom. The van der Waals surface area contributed by atoms with Gasteiger partial charge in [-0.05, 0) is 48.0 Å². The van der Waals surface area contributed by atoms with Crippen molar-refractivity contribution in [1.29, 1.82) is 0 Å². The minimum absolute atomic E-state index is 0.0138. The number of pyridine rings is 1. The third kappa shape index (κ3) is 5.58. The van der Waals surface area contributed by atoms with Crippen molar-refractivity contribution in [2.45, 2.75) is 31.2 Å². The van der Waals surface area contributed by atoms with E-state index in [1.807, 2.05) is 6.07 Å². The first-order chi connectivity index (χ1) is 19.9. The average molecular weight is 563 g/mol. The zero-order valence-electron chi connectivity index (χ0n) is 22.8. The quantitative estimate of drug-likeness (QED) is 0.471. The number of amides is 3. The first kappa shape index (κ1) is 28.0. The van der Waals surface area contributed by atoms with E-state index in [2.05, 4.69) is 10.3 Å². The van der Waals surface area contributed by atoms with Gasteiger partial charge in [0.25, 0.3) is 11.8 Å². The molecule has 1 atom stereocenters. The number of likely N-dealkylation sites (tertiary alicyclic amines) is 1. The third-order valence-electron chi connectivity index (χ3n) is 7.54. The van der Waals surface area contributed by atoms with Gasteiger partial charge in [-0.2, -0.15) is 0 Å². The van der Waals surface area contributed by atoms with E-state index in [1.54, 1.807) is 41.6 Å². The summed E-state index contributed by atoms with van der Waals surface area (Å²) < 4.78 is 30.7. The highest BCUT2D eigenvalue weighted by atomic mass is 19.1. The number of aromatic nitrogens is 1. The van der Waals surface area contributed by atoms with E-state index in [0.29, 0.717) is 17.1 Å². The summed E-state index contributed by atoms with van der Waals surface area (Å²) in [6.45, 7) is 0.742. The summed E-state index contributed by atoms with van der Waals surface area (Å²) in [6, 6.07) is 13.0. The van der Waals surface area contributed by atoms with E-state index in [0.717, 1.165) is 5.56 Å². The Morgan fingerprint density at radius 3 is 2.29 bits per heavy atom. The van der Waals surface area contributed by atoms with Crippen LogP contribution in [0.1, 0.15) is 39.1 Å². The van der Waals surface area contributed by atoms with Crippen molar-refractivity contribution in [3.63, 3.8) is 0 Å². The predicted molar refractivity (Wildman–Crippen MR) is 146 cm³/mol. The fraction of sp³-hybridized carbons (Fsp3) is 0.333. The van der Waals surface area contributed by atoms with Crippen LogP contribution >= 0.6 is 0 Å². The van der Waals surface area contributed by atoms with Gasteiger partial charge in [0, 0.05) is 50.4 Å². The molecule has 0 radical (unpaired) electrons. The summed E-state index contributed by atoms with van der Waals surface area (Å²) in [6.07, 6.45) is 3.84. The summed E-state index contributed by atoms with van der Waals surface area (Å²) in [7, 11) is 2.98. The smallest absolute Gasteiger partial charge is 0.261 e. The van der Waals surface area contributed by atoms with Gasteiger partial charge in [-0.1, -0.05) is 12.1 Å². The van der Waals surface area contributed by atoms with Crippen LogP contribution < -0.4 is 14.8 Å². The number of benzene rings is 2. The van der Waals surface area contributed by atoms with Gasteiger partial charge in [0.1, 0.15) is 34.6 Å². The number of carbonyl (C=O) groups is 3. The molecular formula is C30H31FN4O6. The van der Waals surface area contributed by atoms with Crippen molar-refractivity contribution in [1.82, 2.24) is 20.1 Å². The van der Waals surface area contributed by atoms with Crippen LogP contribution in [-0.2, 0) is 16.1 Å². The molecule has 11 heteroatoms. The van der Waals surface area contributed by atoms with Gasteiger partial charge in [0.05, 0.1) is 20.8 Å². The maximum Gasteiger partial charge on any atom is 0.261 e. The van der Waals surface area contributed by atoms with Crippen molar-refractivity contribution >= 4 is 17.7 Å². The van der Waals surface area contributed by atoms with Crippen LogP contribution in [0.25, 0.3) is 0 Å². The summed E-state index contributed by atoms with van der Waals surface area (Å²) in [5, 5.41) is 2.88. The molecule has 2 aliphatic rings. The topological polar surface area (TPSA) is 110 Å². The van der Waals surface area contributed by atoms with E-state index in [4.69, 9.17) is 14.2 Å². The van der Waals surface area contributed by atoms with Gasteiger partial charge in [-0.25, -0.2) is 4.39 Å². The van der Waals surface area contributed by atoms with Crippen molar-refractivity contribution in [3.05, 3.63) is 89.5 Å². The number of piperidine rings is 1. The second kappa shape index (κ2) is 11.9. The first-order valence-electron chi connectivity index (χ1n) is 13.3. The molecule has 214 valence electrons. The number of methoxy groups -OCH3 is 2. The molecule has 3 amide bonds. The van der Waals surface area contributed by atoms with Crippen molar-refractivity contribution in [2.75, 3.05) is 33.9 Å². The van der Waals surface area contributed by atoms with Gasteiger partial charge in [-0.15, -0.1) is 0 Å². The van der Waals surface area contributed by atoms with Crippen LogP contribution in [0.15, 0.2) is 67.0 Å². The molecule has 0 bridgehead atoms. The van der Waals surface area contributed by atoms with Crippen LogP contribution in [0, 0.1) is 5.82 Å². The standard InChI is InChI=1S/C30H31FN4O6/c1-39-24-6-3-7-25(40-2)26(24)29(38)34-15-12-30(13-16-34)35(28(37)21-8-10-22(31)11-9-21)23(19-41-30)27(36)33-18-20-5-4-14-32-17-20/h3-11,14,17,23H,12-13,15-16,18-19H2,1-2H3,(H,33,36). The third-order valence-corrected chi connectivity index (χ3v) is 7.54. The molecule has 1 spiro atoms. The van der Waals surface area contributed by atoms with Gasteiger partial charge < -0.3 is 24.4 Å². The van der Waals surface area contributed by atoms with Gasteiger partial charge in [0.2, 0.25) is 5.91 Å². The molecule has 1 aromatic heterocycles. The first-order valence-corrected chi connectivity index (χ1v) is 13.3. The lowest BCUT2D eigenvalue weighted by Gasteiger charge is -2.44. The van der Waals surface area contributed by atoms with Crippen molar-refractivity contribution in [3.8, 4) is 11.5 Å². The molecule has 2 saturated heterocycles. The Kier molecular flexibility index (Phi) is 8.16. The predicted octanol–water partition coefficient (Wildman–Crippen LogP) is 3.03. The van der Waals surface area contributed by atoms with E-state index in [1.165, 1.54) is 43.4 Å². The number of carbonyl (C=O) groups excluding carboxylic acids is 3. The highest BCUT2D eigenvalue weighted by molar-refractivity contribution is 6.00. The SMILES string of the molecule is COc1cccc(OC)c1C(=O)N1CCC2(CC1)OCC(C(=O)NCc1cccnc1)N2C(=O)c1ccc(F)cc1. The van der Waals surface area contributed by atoms with E-state index >= 15 is 0 Å². The second-order valence-electron chi connectivity index (χ2n) is 9.86. The molecule has 5 rings (SSSR count). The van der Waals surface area contributed by atoms with Crippen molar-refractivity contribution < 1.29 is 33.0 Å². The maximum atomic E-state index is 13.8. The normalized spacial score (nSPS) is 17.8. The molecule has 3 aromatic rings. The minimum Gasteiger partial charge on any atom is -0.496 e. The molecule has 0 aliphatic carbocycles. The molecular weight excluding hydrogens is 531 g/mol. The molecule has 2 aliphatic heterocycles. The lowest BCUT2D eigenvalue weighted by atomic mass is 9.95. The molecule has 3 heterocycles. The number of rotatable bonds is 7. The van der Waals surface area contributed by atoms with E-state index < -0.39 is 23.5 Å². The summed E-state index contributed by atoms with van der Waals surface area (Å²) in [5.74, 6) is -0.781. The Morgan fingerprint density at radius 2 is 1.68 bits per heavy atom. The molecule has 1 unspecified atom stereocenters. The molecule has 41 heavy (non-hydrogen) atoms. The molecule has 10 nitrogen and oxygen atoms in total. The number of hydrogen-bond acceptors (Lipinski definition) is 7. The van der Waals surface area contributed by atoms with Crippen LogP contribution in [0.3, 0.4) is 0 Å². The zero-order valence-corrected chi connectivity index (χ0v) is 22.8. The second-order valence-corrected chi connectivity index (χ2v) is 9.86. The Labute approximate surface area is 237 Å². The summed E-state index contributed by atoms with van der Waals surface area (Å²) in [5.41, 5.74) is 0.236. The number of nitrogens with zero attached hydrogens (tertiary/aromatic N) is 3. The van der Waals surface area contributed by atoms with Crippen LogP contribution in [-0.4, -0.2) is 78.2 Å². The van der Waals surface area contributed by atoms with Crippen LogP contribution in [0.5, 0.6) is 11.5 Å². The fourth-order valence-corrected chi connectivity index (χ4v) is 5.39. The van der Waals surface area contributed by atoms with Gasteiger partial charge >= 0.3 is 0 Å². The Bertz CT molecular complexity index is 1390. The largest absolute Gasteiger partial charge is 0.496 e. The highest BCUT2D eigenvalue weighted by Crippen LogP contribution is 2.40. The zero-order chi connectivity index (χ0) is 29.0. The number of hydrogen-bond donors (Lipinski definition) is 1. The van der Waals surface area contributed by atoms with Crippen LogP contribution in [0.4, 0.5) is 4.39 Å². The summed E-state index contributed by atoms with van der Waals surface area (Å²) >= 11 is 0. The molecule has 2 aromatic carbocycles. The van der Waals surface area contributed by atoms with Crippen molar-refractivity contribution in [2.24, 2.45) is 0 Å². The number of halogens is 1. The Balaban J connectivity index is 1.38. The molecule has 2 fully saturated rings. The Hall–Kier alpha value is -4.51. The lowest BCUT2D eigenvalue weighted by molar-refractivity contribution is -0.128. The number of nitrogens with one attached hydrogen (secondary N) is 1. The van der Waals surface area contributed by atoms with Crippen LogP contribution in [0.2, 0.25) is 0 Å². The van der Waals surface area contributed by atoms with Gasteiger partial charge in [0.15, 0.2) is 0 Å². The monoisotopic (exact) mass is 562 g/mol. The molecule has 0 saturated carbocycles. The highest BCUT2D eigenvalue weighted by Gasteiger charge is 2.54. The van der Waals surface area contributed by atoms with Gasteiger partial charge in [-0.3, -0.25) is 24.3 Å². The molecule has 1 N–H and O–H groups in total. The fourth-order valence-electron chi connectivity index (χ4n) is 5.39. The lowest BCUT2D eigenvalue weighted by Crippen LogP contribution is -2.59. The minimum atomic E-state index is -1.12. The van der Waals surface area contributed by atoms with E-state index in [-0.39, 0.29) is 56.5 Å². The number of ether oxygens (including phenoxy) is 3. The maximum absolute atomic E-state index is 13.8. The average Bonchev–Trinajstić information content (AvgIpc) is 3.38. The van der Waals surface area contributed by atoms with E-state index in [9.17, 15) is 18.8 Å². The summed E-state index contributed by atoms with van der Waals surface area (Å²) in [4.78, 5) is 48.0.